The second-order valence-electron chi connectivity index (χ2n) is 3.13. The molecule has 94 valence electrons. The zero-order valence-corrected chi connectivity index (χ0v) is 9.53. The third-order valence-electron chi connectivity index (χ3n) is 1.95. The van der Waals surface area contributed by atoms with Crippen LogP contribution in [0.25, 0.3) is 0 Å². The van der Waals surface area contributed by atoms with Crippen molar-refractivity contribution in [2.45, 2.75) is 16.5 Å². The lowest BCUT2D eigenvalue weighted by Gasteiger charge is -1.98. The number of halogens is 2. The number of hydrogen-bond donors (Lipinski definition) is 1. The normalized spacial score (nSPS) is 10.8. The molecule has 0 atom stereocenters. The number of nitro benzene ring substituents is 1. The Kier molecular flexibility index (Phi) is 3.51. The summed E-state index contributed by atoms with van der Waals surface area (Å²) in [5, 5.41) is 16.4. The van der Waals surface area contributed by atoms with Gasteiger partial charge in [0.25, 0.3) is 12.1 Å². The van der Waals surface area contributed by atoms with E-state index < -0.39 is 17.2 Å². The van der Waals surface area contributed by atoms with Gasteiger partial charge < -0.3 is 0 Å². The summed E-state index contributed by atoms with van der Waals surface area (Å²) in [6, 6.07) is 5.95. The molecule has 1 aromatic carbocycles. The third kappa shape index (κ3) is 2.62. The van der Waals surface area contributed by atoms with Gasteiger partial charge in [0.1, 0.15) is 0 Å². The number of nitrogens with zero attached hydrogens (tertiary/aromatic N) is 3. The Balaban J connectivity index is 2.25. The van der Waals surface area contributed by atoms with Crippen LogP contribution in [0.15, 0.2) is 34.3 Å². The van der Waals surface area contributed by atoms with Crippen molar-refractivity contribution in [3.63, 3.8) is 0 Å². The maximum Gasteiger partial charge on any atom is 0.296 e. The van der Waals surface area contributed by atoms with Crippen molar-refractivity contribution in [3.05, 3.63) is 40.2 Å². The highest BCUT2D eigenvalue weighted by Gasteiger charge is 2.18. The molecule has 0 saturated carbocycles. The Labute approximate surface area is 104 Å². The zero-order valence-electron chi connectivity index (χ0n) is 8.71. The standard InChI is InChI=1S/C9H6F2N4O2S/c10-7(11)8-12-9(14-13-8)18-6-4-2-1-3-5(6)15(16)17/h1-4,7H,(H,12,13,14). The molecule has 1 N–H and O–H groups in total. The highest BCUT2D eigenvalue weighted by molar-refractivity contribution is 7.99. The molecule has 0 aliphatic heterocycles. The van der Waals surface area contributed by atoms with Gasteiger partial charge in [-0.15, -0.1) is 5.10 Å². The summed E-state index contributed by atoms with van der Waals surface area (Å²) in [5.74, 6) is -0.559. The first-order valence-corrected chi connectivity index (χ1v) is 5.51. The molecule has 18 heavy (non-hydrogen) atoms. The van der Waals surface area contributed by atoms with Crippen molar-refractivity contribution in [1.82, 2.24) is 15.2 Å². The van der Waals surface area contributed by atoms with Crippen LogP contribution in [0.1, 0.15) is 12.2 Å². The Morgan fingerprint density at radius 1 is 1.39 bits per heavy atom. The van der Waals surface area contributed by atoms with Crippen LogP contribution in [0, 0.1) is 10.1 Å². The molecule has 2 aromatic rings. The first-order valence-electron chi connectivity index (χ1n) is 4.69. The fraction of sp³-hybridized carbons (Fsp3) is 0.111. The lowest BCUT2D eigenvalue weighted by molar-refractivity contribution is -0.387. The van der Waals surface area contributed by atoms with E-state index in [9.17, 15) is 18.9 Å². The van der Waals surface area contributed by atoms with E-state index in [0.717, 1.165) is 11.8 Å². The maximum atomic E-state index is 12.3. The van der Waals surface area contributed by atoms with Crippen molar-refractivity contribution in [3.8, 4) is 0 Å². The second-order valence-corrected chi connectivity index (χ2v) is 4.14. The Morgan fingerprint density at radius 2 is 2.11 bits per heavy atom. The van der Waals surface area contributed by atoms with Gasteiger partial charge in [0.05, 0.1) is 9.82 Å². The molecule has 9 heteroatoms. The Bertz CT molecular complexity index is 575. The van der Waals surface area contributed by atoms with Gasteiger partial charge in [0.2, 0.25) is 5.16 Å². The molecule has 2 rings (SSSR count). The van der Waals surface area contributed by atoms with Gasteiger partial charge in [0.15, 0.2) is 5.82 Å². The number of aromatic nitrogens is 3. The van der Waals surface area contributed by atoms with Crippen molar-refractivity contribution in [1.29, 1.82) is 0 Å². The molecule has 0 radical (unpaired) electrons. The summed E-state index contributed by atoms with van der Waals surface area (Å²) in [6.45, 7) is 0. The molecule has 6 nitrogen and oxygen atoms in total. The average Bonchev–Trinajstić information content (AvgIpc) is 2.78. The molecule has 0 amide bonds. The minimum absolute atomic E-state index is 0.0135. The van der Waals surface area contributed by atoms with E-state index >= 15 is 0 Å². The third-order valence-corrected chi connectivity index (χ3v) is 2.88. The molecule has 1 aromatic heterocycles. The van der Waals surface area contributed by atoms with Crippen molar-refractivity contribution in [2.24, 2.45) is 0 Å². The SMILES string of the molecule is O=[N+]([O-])c1ccccc1Sc1n[nH]c(C(F)F)n1. The topological polar surface area (TPSA) is 84.7 Å². The van der Waals surface area contributed by atoms with E-state index in [1.54, 1.807) is 6.07 Å². The predicted octanol–water partition coefficient (Wildman–Crippen LogP) is 2.80. The van der Waals surface area contributed by atoms with Crippen LogP contribution in [0.5, 0.6) is 0 Å². The number of hydrogen-bond acceptors (Lipinski definition) is 5. The Morgan fingerprint density at radius 3 is 2.72 bits per heavy atom. The summed E-state index contributed by atoms with van der Waals surface area (Å²) >= 11 is 0.852. The quantitative estimate of drug-likeness (QED) is 0.683. The van der Waals surface area contributed by atoms with E-state index in [4.69, 9.17) is 0 Å². The lowest BCUT2D eigenvalue weighted by atomic mass is 10.3. The van der Waals surface area contributed by atoms with Gasteiger partial charge in [-0.3, -0.25) is 15.2 Å². The molecule has 0 aliphatic carbocycles. The number of benzene rings is 1. The minimum atomic E-state index is -2.75. The smallest absolute Gasteiger partial charge is 0.258 e. The molecule has 1 heterocycles. The van der Waals surface area contributed by atoms with E-state index in [1.165, 1.54) is 18.2 Å². The zero-order chi connectivity index (χ0) is 13.1. The highest BCUT2D eigenvalue weighted by atomic mass is 32.2. The van der Waals surface area contributed by atoms with Crippen LogP contribution in [0.4, 0.5) is 14.5 Å². The summed E-state index contributed by atoms with van der Waals surface area (Å²) in [4.78, 5) is 14.0. The largest absolute Gasteiger partial charge is 0.296 e. The summed E-state index contributed by atoms with van der Waals surface area (Å²) in [5.41, 5.74) is -0.120. The maximum absolute atomic E-state index is 12.3. The second kappa shape index (κ2) is 5.08. The van der Waals surface area contributed by atoms with E-state index in [2.05, 4.69) is 15.2 Å². The van der Waals surface area contributed by atoms with Gasteiger partial charge in [-0.1, -0.05) is 12.1 Å². The fourth-order valence-corrected chi connectivity index (χ4v) is 2.02. The fourth-order valence-electron chi connectivity index (χ4n) is 1.19. The molecular weight excluding hydrogens is 266 g/mol. The minimum Gasteiger partial charge on any atom is -0.258 e. The van der Waals surface area contributed by atoms with Gasteiger partial charge in [-0.05, 0) is 17.8 Å². The van der Waals surface area contributed by atoms with Crippen LogP contribution in [-0.2, 0) is 0 Å². The van der Waals surface area contributed by atoms with Crippen molar-refractivity contribution >= 4 is 17.4 Å². The summed E-state index contributed by atoms with van der Waals surface area (Å²) in [6.07, 6.45) is -2.75. The van der Waals surface area contributed by atoms with Crippen molar-refractivity contribution < 1.29 is 13.7 Å². The summed E-state index contributed by atoms with van der Waals surface area (Å²) < 4.78 is 24.6. The Hall–Kier alpha value is -2.03. The first-order chi connectivity index (χ1) is 8.58. The monoisotopic (exact) mass is 272 g/mol. The molecule has 0 aliphatic rings. The van der Waals surface area contributed by atoms with Crippen LogP contribution in [-0.4, -0.2) is 20.1 Å². The number of para-hydroxylation sites is 1. The molecule has 0 saturated heterocycles. The van der Waals surface area contributed by atoms with Gasteiger partial charge in [-0.2, -0.15) is 4.98 Å². The van der Waals surface area contributed by atoms with Crippen LogP contribution < -0.4 is 0 Å². The van der Waals surface area contributed by atoms with Crippen molar-refractivity contribution in [2.75, 3.05) is 0 Å². The number of nitro groups is 1. The molecular formula is C9H6F2N4O2S. The number of alkyl halides is 2. The van der Waals surface area contributed by atoms with E-state index in [0.29, 0.717) is 4.90 Å². The molecule has 0 fully saturated rings. The molecule has 0 bridgehead atoms. The average molecular weight is 272 g/mol. The molecule has 0 unspecified atom stereocenters. The van der Waals surface area contributed by atoms with Gasteiger partial charge >= 0.3 is 0 Å². The van der Waals surface area contributed by atoms with E-state index in [1.807, 2.05) is 0 Å². The number of nitrogens with one attached hydrogen (secondary N) is 1. The highest BCUT2D eigenvalue weighted by Crippen LogP contribution is 2.32. The number of aromatic amines is 1. The van der Waals surface area contributed by atoms with Crippen LogP contribution in [0.3, 0.4) is 0 Å². The number of rotatable bonds is 4. The first kappa shape index (κ1) is 12.4. The predicted molar refractivity (Wildman–Crippen MR) is 58.6 cm³/mol. The summed E-state index contributed by atoms with van der Waals surface area (Å²) in [7, 11) is 0. The lowest BCUT2D eigenvalue weighted by Crippen LogP contribution is -1.90. The van der Waals surface area contributed by atoms with Gasteiger partial charge in [-0.25, -0.2) is 8.78 Å². The van der Waals surface area contributed by atoms with E-state index in [-0.39, 0.29) is 10.8 Å². The van der Waals surface area contributed by atoms with Gasteiger partial charge in [0, 0.05) is 6.07 Å². The number of H-pyrrole nitrogens is 1. The van der Waals surface area contributed by atoms with Crippen LogP contribution in [0.2, 0.25) is 0 Å². The molecule has 0 spiro atoms. The van der Waals surface area contributed by atoms with Crippen LogP contribution >= 0.6 is 11.8 Å².